The van der Waals surface area contributed by atoms with Gasteiger partial charge in [-0.05, 0) is 42.0 Å². The molecule has 4 rings (SSSR count). The zero-order chi connectivity index (χ0) is 20.6. The molecule has 4 nitrogen and oxygen atoms in total. The van der Waals surface area contributed by atoms with E-state index in [1.807, 2.05) is 72.8 Å². The summed E-state index contributed by atoms with van der Waals surface area (Å²) in [5, 5.41) is 10.00. The van der Waals surface area contributed by atoms with Crippen LogP contribution in [0.25, 0.3) is 16.5 Å². The summed E-state index contributed by atoms with van der Waals surface area (Å²) in [5.74, 6) is 0.515. The molecule has 0 fully saturated rings. The van der Waals surface area contributed by atoms with Gasteiger partial charge < -0.3 is 5.32 Å². The summed E-state index contributed by atoms with van der Waals surface area (Å²) >= 11 is 0. The van der Waals surface area contributed by atoms with Crippen LogP contribution in [-0.2, 0) is 5.41 Å². The first-order chi connectivity index (χ1) is 13.8. The molecule has 4 aromatic rings. The molecule has 1 N–H and O–H groups in total. The van der Waals surface area contributed by atoms with Crippen LogP contribution in [0.2, 0.25) is 0 Å². The molecule has 0 unspecified atom stereocenters. The van der Waals surface area contributed by atoms with Crippen molar-refractivity contribution in [1.29, 1.82) is 0 Å². The number of hydrogen-bond acceptors (Lipinski definition) is 2. The predicted molar refractivity (Wildman–Crippen MR) is 119 cm³/mol. The third-order valence-electron chi connectivity index (χ3n) is 5.01. The molecule has 1 heterocycles. The third kappa shape index (κ3) is 3.92. The summed E-state index contributed by atoms with van der Waals surface area (Å²) in [7, 11) is 0. The van der Waals surface area contributed by atoms with E-state index in [0.717, 1.165) is 22.2 Å². The lowest BCUT2D eigenvalue weighted by atomic mass is 9.92. The smallest absolute Gasteiger partial charge is 0.256 e. The number of aryl methyl sites for hydroxylation is 1. The molecule has 3 aromatic carbocycles. The van der Waals surface area contributed by atoms with Crippen LogP contribution in [0.4, 0.5) is 5.82 Å². The third-order valence-corrected chi connectivity index (χ3v) is 5.01. The fraction of sp³-hybridized carbons (Fsp3) is 0.200. The Morgan fingerprint density at radius 3 is 2.28 bits per heavy atom. The van der Waals surface area contributed by atoms with Gasteiger partial charge in [-0.1, -0.05) is 68.8 Å². The van der Waals surface area contributed by atoms with Gasteiger partial charge in [0.1, 0.15) is 5.82 Å². The van der Waals surface area contributed by atoms with Crippen molar-refractivity contribution < 1.29 is 4.79 Å². The topological polar surface area (TPSA) is 46.9 Å². The number of benzene rings is 3. The largest absolute Gasteiger partial charge is 0.306 e. The van der Waals surface area contributed by atoms with Gasteiger partial charge in [-0.3, -0.25) is 4.79 Å². The van der Waals surface area contributed by atoms with Crippen molar-refractivity contribution in [1.82, 2.24) is 9.78 Å². The van der Waals surface area contributed by atoms with Crippen molar-refractivity contribution in [3.8, 4) is 5.69 Å². The quantitative estimate of drug-likeness (QED) is 0.480. The molecule has 1 amide bonds. The number of rotatable bonds is 3. The van der Waals surface area contributed by atoms with Gasteiger partial charge in [-0.25, -0.2) is 4.68 Å². The van der Waals surface area contributed by atoms with Crippen LogP contribution < -0.4 is 5.32 Å². The van der Waals surface area contributed by atoms with Crippen LogP contribution in [0.1, 0.15) is 42.4 Å². The Labute approximate surface area is 171 Å². The van der Waals surface area contributed by atoms with E-state index in [9.17, 15) is 4.79 Å². The second-order valence-electron chi connectivity index (χ2n) is 8.43. The monoisotopic (exact) mass is 383 g/mol. The standard InChI is InChI=1S/C25H25N3O/c1-17-9-13-21(14-10-17)28-23(16-22(27-28)25(2,3)4)26-24(29)20-12-11-18-7-5-6-8-19(18)15-20/h5-16H,1-4H3,(H,26,29). The summed E-state index contributed by atoms with van der Waals surface area (Å²) < 4.78 is 1.80. The first-order valence-corrected chi connectivity index (χ1v) is 9.79. The van der Waals surface area contributed by atoms with Gasteiger partial charge in [-0.2, -0.15) is 5.10 Å². The molecular formula is C25H25N3O. The predicted octanol–water partition coefficient (Wildman–Crippen LogP) is 5.88. The zero-order valence-electron chi connectivity index (χ0n) is 17.2. The molecule has 0 saturated heterocycles. The highest BCUT2D eigenvalue weighted by Crippen LogP contribution is 2.27. The molecule has 0 spiro atoms. The fourth-order valence-electron chi connectivity index (χ4n) is 3.24. The number of carbonyl (C=O) groups is 1. The number of nitrogens with one attached hydrogen (secondary N) is 1. The van der Waals surface area contributed by atoms with E-state index in [4.69, 9.17) is 5.10 Å². The number of nitrogens with zero attached hydrogens (tertiary/aromatic N) is 2. The SMILES string of the molecule is Cc1ccc(-n2nc(C(C)(C)C)cc2NC(=O)c2ccc3ccccc3c2)cc1. The highest BCUT2D eigenvalue weighted by Gasteiger charge is 2.22. The van der Waals surface area contributed by atoms with E-state index < -0.39 is 0 Å². The van der Waals surface area contributed by atoms with Crippen LogP contribution in [-0.4, -0.2) is 15.7 Å². The Kier molecular flexibility index (Phi) is 4.71. The maximum Gasteiger partial charge on any atom is 0.256 e. The summed E-state index contributed by atoms with van der Waals surface area (Å²) in [6.07, 6.45) is 0. The van der Waals surface area contributed by atoms with E-state index in [1.165, 1.54) is 5.56 Å². The van der Waals surface area contributed by atoms with Crippen molar-refractivity contribution in [3.63, 3.8) is 0 Å². The molecule has 0 radical (unpaired) electrons. The molecule has 0 atom stereocenters. The van der Waals surface area contributed by atoms with Crippen molar-refractivity contribution >= 4 is 22.5 Å². The number of fused-ring (bicyclic) bond motifs is 1. The van der Waals surface area contributed by atoms with Gasteiger partial charge in [-0.15, -0.1) is 0 Å². The van der Waals surface area contributed by atoms with Gasteiger partial charge in [0.15, 0.2) is 0 Å². The first-order valence-electron chi connectivity index (χ1n) is 9.79. The molecule has 146 valence electrons. The van der Waals surface area contributed by atoms with Gasteiger partial charge in [0.2, 0.25) is 0 Å². The Morgan fingerprint density at radius 1 is 0.897 bits per heavy atom. The highest BCUT2D eigenvalue weighted by atomic mass is 16.1. The zero-order valence-corrected chi connectivity index (χ0v) is 17.2. The fourth-order valence-corrected chi connectivity index (χ4v) is 3.24. The number of carbonyl (C=O) groups excluding carboxylic acids is 1. The molecule has 1 aromatic heterocycles. The van der Waals surface area contributed by atoms with Crippen molar-refractivity contribution in [3.05, 3.63) is 89.6 Å². The number of amides is 1. The first kappa shape index (κ1) is 18.9. The van der Waals surface area contributed by atoms with E-state index in [2.05, 4.69) is 33.0 Å². The summed E-state index contributed by atoms with van der Waals surface area (Å²) in [6, 6.07) is 23.9. The minimum absolute atomic E-state index is 0.127. The Balaban J connectivity index is 1.71. The van der Waals surface area contributed by atoms with Crippen LogP contribution in [0.3, 0.4) is 0 Å². The Bertz CT molecular complexity index is 1180. The summed E-state index contributed by atoms with van der Waals surface area (Å²) in [5.41, 5.74) is 3.52. The molecule has 0 aliphatic heterocycles. The van der Waals surface area contributed by atoms with Crippen LogP contribution >= 0.6 is 0 Å². The van der Waals surface area contributed by atoms with Gasteiger partial charge in [0, 0.05) is 17.0 Å². The van der Waals surface area contributed by atoms with E-state index in [0.29, 0.717) is 11.4 Å². The van der Waals surface area contributed by atoms with E-state index >= 15 is 0 Å². The van der Waals surface area contributed by atoms with E-state index in [1.54, 1.807) is 4.68 Å². The average Bonchev–Trinajstić information content (AvgIpc) is 3.12. The molecule has 4 heteroatoms. The lowest BCUT2D eigenvalue weighted by Crippen LogP contribution is -2.15. The second kappa shape index (κ2) is 7.21. The number of anilines is 1. The Morgan fingerprint density at radius 2 is 1.59 bits per heavy atom. The lowest BCUT2D eigenvalue weighted by molar-refractivity contribution is 0.102. The van der Waals surface area contributed by atoms with Crippen molar-refractivity contribution in [2.75, 3.05) is 5.32 Å². The summed E-state index contributed by atoms with van der Waals surface area (Å²) in [6.45, 7) is 8.40. The van der Waals surface area contributed by atoms with E-state index in [-0.39, 0.29) is 11.3 Å². The van der Waals surface area contributed by atoms with Crippen LogP contribution in [0.15, 0.2) is 72.8 Å². The normalized spacial score (nSPS) is 11.6. The van der Waals surface area contributed by atoms with Gasteiger partial charge in [0.25, 0.3) is 5.91 Å². The average molecular weight is 383 g/mol. The molecule has 0 aliphatic carbocycles. The maximum absolute atomic E-state index is 13.0. The van der Waals surface area contributed by atoms with Crippen LogP contribution in [0.5, 0.6) is 0 Å². The summed E-state index contributed by atoms with van der Waals surface area (Å²) in [4.78, 5) is 13.0. The second-order valence-corrected chi connectivity index (χ2v) is 8.43. The molecular weight excluding hydrogens is 358 g/mol. The van der Waals surface area contributed by atoms with Gasteiger partial charge in [0.05, 0.1) is 11.4 Å². The number of aromatic nitrogens is 2. The molecule has 0 aliphatic rings. The molecule has 0 saturated carbocycles. The molecule has 29 heavy (non-hydrogen) atoms. The number of hydrogen-bond donors (Lipinski definition) is 1. The van der Waals surface area contributed by atoms with Crippen molar-refractivity contribution in [2.45, 2.75) is 33.1 Å². The van der Waals surface area contributed by atoms with Crippen molar-refractivity contribution in [2.24, 2.45) is 0 Å². The minimum atomic E-state index is -0.149. The lowest BCUT2D eigenvalue weighted by Gasteiger charge is -2.14. The Hall–Kier alpha value is -3.40. The van der Waals surface area contributed by atoms with Gasteiger partial charge >= 0.3 is 0 Å². The van der Waals surface area contributed by atoms with Crippen LogP contribution in [0, 0.1) is 6.92 Å². The minimum Gasteiger partial charge on any atom is -0.306 e. The maximum atomic E-state index is 13.0. The molecule has 0 bridgehead atoms. The highest BCUT2D eigenvalue weighted by molar-refractivity contribution is 6.06.